The van der Waals surface area contributed by atoms with Crippen molar-refractivity contribution in [1.82, 2.24) is 15.5 Å². The van der Waals surface area contributed by atoms with Crippen LogP contribution < -0.4 is 10.6 Å². The van der Waals surface area contributed by atoms with E-state index in [0.29, 0.717) is 22.4 Å². The van der Waals surface area contributed by atoms with Gasteiger partial charge in [-0.1, -0.05) is 35.5 Å². The molecule has 0 spiro atoms. The average Bonchev–Trinajstić information content (AvgIpc) is 3.19. The lowest BCUT2D eigenvalue weighted by Crippen LogP contribution is -2.31. The van der Waals surface area contributed by atoms with Gasteiger partial charge in [-0.25, -0.2) is 4.39 Å². The van der Waals surface area contributed by atoms with E-state index in [4.69, 9.17) is 16.7 Å². The molecule has 4 rings (SSSR count). The van der Waals surface area contributed by atoms with Crippen molar-refractivity contribution in [2.45, 2.75) is 13.0 Å². The minimum absolute atomic E-state index is 0.290. The molecule has 0 aliphatic rings. The van der Waals surface area contributed by atoms with Gasteiger partial charge in [-0.3, -0.25) is 0 Å². The molecule has 1 aromatic heterocycles. The van der Waals surface area contributed by atoms with Crippen molar-refractivity contribution in [3.8, 4) is 11.4 Å². The number of aromatic nitrogens is 2. The minimum Gasteiger partial charge on any atom is -0.351 e. The highest BCUT2D eigenvalue weighted by Crippen LogP contribution is 2.20. The Bertz CT molecular complexity index is 1130. The summed E-state index contributed by atoms with van der Waals surface area (Å²) >= 11 is 5.40. The molecule has 0 unspecified atom stereocenters. The fourth-order valence-electron chi connectivity index (χ4n) is 2.82. The number of benzene rings is 3. The fourth-order valence-corrected chi connectivity index (χ4v) is 3.11. The Balaban J connectivity index is 1.42. The van der Waals surface area contributed by atoms with E-state index < -0.39 is 0 Å². The summed E-state index contributed by atoms with van der Waals surface area (Å²) in [5, 5.41) is 13.0. The zero-order valence-electron chi connectivity index (χ0n) is 15.0. The van der Waals surface area contributed by atoms with Crippen LogP contribution in [0.2, 0.25) is 0 Å². The molecule has 5 nitrogen and oxygen atoms in total. The second kappa shape index (κ2) is 7.74. The van der Waals surface area contributed by atoms with Gasteiger partial charge < -0.3 is 15.2 Å². The molecular formula is C21H17FN4OS. The third-order valence-electron chi connectivity index (χ3n) is 4.27. The lowest BCUT2D eigenvalue weighted by Gasteiger charge is -2.14. The van der Waals surface area contributed by atoms with Gasteiger partial charge in [-0.2, -0.15) is 4.98 Å². The number of nitrogens with zero attached hydrogens (tertiary/aromatic N) is 2. The second-order valence-electron chi connectivity index (χ2n) is 6.35. The van der Waals surface area contributed by atoms with Gasteiger partial charge in [0.25, 0.3) is 0 Å². The Labute approximate surface area is 166 Å². The highest BCUT2D eigenvalue weighted by molar-refractivity contribution is 7.80. The second-order valence-corrected chi connectivity index (χ2v) is 6.75. The molecule has 0 saturated carbocycles. The summed E-state index contributed by atoms with van der Waals surface area (Å²) in [6.45, 7) is 1.87. The Morgan fingerprint density at radius 1 is 1.04 bits per heavy atom. The van der Waals surface area contributed by atoms with Crippen molar-refractivity contribution < 1.29 is 8.91 Å². The van der Waals surface area contributed by atoms with Gasteiger partial charge >= 0.3 is 0 Å². The molecule has 140 valence electrons. The molecule has 28 heavy (non-hydrogen) atoms. The van der Waals surface area contributed by atoms with Crippen LogP contribution in [0.25, 0.3) is 22.2 Å². The smallest absolute Gasteiger partial charge is 0.249 e. The number of rotatable bonds is 4. The number of hydrogen-bond acceptors (Lipinski definition) is 4. The van der Waals surface area contributed by atoms with E-state index in [1.807, 2.05) is 37.3 Å². The maximum atomic E-state index is 13.0. The topological polar surface area (TPSA) is 63.0 Å². The molecule has 1 heterocycles. The summed E-state index contributed by atoms with van der Waals surface area (Å²) in [4.78, 5) is 4.36. The summed E-state index contributed by atoms with van der Waals surface area (Å²) < 4.78 is 18.4. The Morgan fingerprint density at radius 3 is 2.57 bits per heavy atom. The van der Waals surface area contributed by atoms with Gasteiger partial charge in [-0.05, 0) is 66.3 Å². The summed E-state index contributed by atoms with van der Waals surface area (Å²) in [5.74, 6) is 0.478. The Morgan fingerprint density at radius 2 is 1.79 bits per heavy atom. The lowest BCUT2D eigenvalue weighted by molar-refractivity contribution is 0.354. The molecule has 7 heteroatoms. The molecule has 0 aliphatic heterocycles. The van der Waals surface area contributed by atoms with Crippen LogP contribution in [-0.2, 0) is 0 Å². The lowest BCUT2D eigenvalue weighted by atomic mass is 10.1. The molecule has 1 atom stereocenters. The summed E-state index contributed by atoms with van der Waals surface area (Å²) in [6.07, 6.45) is 0. The number of hydrogen-bond donors (Lipinski definition) is 2. The Kier molecular flexibility index (Phi) is 4.99. The molecule has 0 radical (unpaired) electrons. The van der Waals surface area contributed by atoms with E-state index in [-0.39, 0.29) is 11.9 Å². The van der Waals surface area contributed by atoms with Gasteiger partial charge in [0.2, 0.25) is 11.7 Å². The standard InChI is InChI=1S/C21H17FN4OS/c1-13(20-25-19(26-27-20)15-6-9-17(22)10-7-15)23-21(28)24-18-11-8-14-4-2-3-5-16(14)12-18/h2-13H,1H3,(H2,23,24,28)/t13-/m1/s1. The molecule has 0 bridgehead atoms. The van der Waals surface area contributed by atoms with E-state index in [1.54, 1.807) is 12.1 Å². The largest absolute Gasteiger partial charge is 0.351 e. The first kappa shape index (κ1) is 18.1. The van der Waals surface area contributed by atoms with E-state index in [1.165, 1.54) is 17.5 Å². The van der Waals surface area contributed by atoms with Gasteiger partial charge in [0.1, 0.15) is 11.9 Å². The average molecular weight is 392 g/mol. The van der Waals surface area contributed by atoms with Crippen molar-refractivity contribution >= 4 is 33.8 Å². The molecule has 4 aromatic rings. The quantitative estimate of drug-likeness (QED) is 0.473. The molecule has 0 amide bonds. The van der Waals surface area contributed by atoms with E-state index >= 15 is 0 Å². The summed E-state index contributed by atoms with van der Waals surface area (Å²) in [5.41, 5.74) is 1.57. The third kappa shape index (κ3) is 3.99. The van der Waals surface area contributed by atoms with Crippen LogP contribution in [0.4, 0.5) is 10.1 Å². The van der Waals surface area contributed by atoms with E-state index in [0.717, 1.165) is 11.1 Å². The third-order valence-corrected chi connectivity index (χ3v) is 4.49. The highest BCUT2D eigenvalue weighted by Gasteiger charge is 2.16. The molecule has 3 aromatic carbocycles. The maximum Gasteiger partial charge on any atom is 0.249 e. The maximum absolute atomic E-state index is 13.0. The predicted octanol–water partition coefficient (Wildman–Crippen LogP) is 5.08. The highest BCUT2D eigenvalue weighted by atomic mass is 32.1. The molecule has 0 saturated heterocycles. The van der Waals surface area contributed by atoms with Crippen LogP contribution in [0.3, 0.4) is 0 Å². The molecule has 2 N–H and O–H groups in total. The number of halogens is 1. The van der Waals surface area contributed by atoms with Crippen LogP contribution in [0, 0.1) is 5.82 Å². The van der Waals surface area contributed by atoms with Gasteiger partial charge in [0.15, 0.2) is 5.11 Å². The van der Waals surface area contributed by atoms with Crippen LogP contribution >= 0.6 is 12.2 Å². The molecule has 0 aliphatic carbocycles. The molecular weight excluding hydrogens is 375 g/mol. The molecule has 0 fully saturated rings. The van der Waals surface area contributed by atoms with Crippen LogP contribution in [0.1, 0.15) is 18.9 Å². The number of thiocarbonyl (C=S) groups is 1. The summed E-state index contributed by atoms with van der Waals surface area (Å²) in [7, 11) is 0. The number of fused-ring (bicyclic) bond motifs is 1. The van der Waals surface area contributed by atoms with Crippen molar-refractivity contribution in [1.29, 1.82) is 0 Å². The zero-order chi connectivity index (χ0) is 19.5. The Hall–Kier alpha value is -3.32. The van der Waals surface area contributed by atoms with E-state index in [2.05, 4.69) is 32.9 Å². The first-order valence-corrected chi connectivity index (χ1v) is 9.15. The predicted molar refractivity (Wildman–Crippen MR) is 111 cm³/mol. The zero-order valence-corrected chi connectivity index (χ0v) is 15.8. The van der Waals surface area contributed by atoms with Crippen molar-refractivity contribution in [2.24, 2.45) is 0 Å². The van der Waals surface area contributed by atoms with Gasteiger partial charge in [0.05, 0.1) is 0 Å². The van der Waals surface area contributed by atoms with Crippen LogP contribution in [0.15, 0.2) is 71.3 Å². The van der Waals surface area contributed by atoms with Gasteiger partial charge in [-0.15, -0.1) is 0 Å². The van der Waals surface area contributed by atoms with E-state index in [9.17, 15) is 4.39 Å². The summed E-state index contributed by atoms with van der Waals surface area (Å²) in [6, 6.07) is 19.8. The van der Waals surface area contributed by atoms with Crippen molar-refractivity contribution in [2.75, 3.05) is 5.32 Å². The first-order chi connectivity index (χ1) is 13.6. The SMILES string of the molecule is C[C@@H](NC(=S)Nc1ccc2ccccc2c1)c1nc(-c2ccc(F)cc2)no1. The first-order valence-electron chi connectivity index (χ1n) is 8.74. The van der Waals surface area contributed by atoms with Gasteiger partial charge in [0, 0.05) is 11.3 Å². The normalized spacial score (nSPS) is 11.9. The van der Waals surface area contributed by atoms with Crippen LogP contribution in [0.5, 0.6) is 0 Å². The van der Waals surface area contributed by atoms with Crippen molar-refractivity contribution in [3.63, 3.8) is 0 Å². The number of nitrogens with one attached hydrogen (secondary N) is 2. The fraction of sp³-hybridized carbons (Fsp3) is 0.0952. The van der Waals surface area contributed by atoms with Crippen LogP contribution in [-0.4, -0.2) is 15.3 Å². The minimum atomic E-state index is -0.312. The number of anilines is 1. The monoisotopic (exact) mass is 392 g/mol. The van der Waals surface area contributed by atoms with Crippen molar-refractivity contribution in [3.05, 3.63) is 78.4 Å².